The Bertz CT molecular complexity index is 838. The van der Waals surface area contributed by atoms with Gasteiger partial charge in [-0.2, -0.15) is 0 Å². The number of benzene rings is 2. The number of H-pyrrole nitrogens is 1. The molecule has 3 rings (SSSR count). The maximum atomic E-state index is 13.5. The summed E-state index contributed by atoms with van der Waals surface area (Å²) in [4.78, 5) is 7.40. The van der Waals surface area contributed by atoms with Crippen molar-refractivity contribution in [3.8, 4) is 0 Å². The van der Waals surface area contributed by atoms with Crippen molar-refractivity contribution >= 4 is 34.8 Å². The van der Waals surface area contributed by atoms with Gasteiger partial charge in [0.2, 0.25) is 0 Å². The molecule has 0 aliphatic heterocycles. The second kappa shape index (κ2) is 6.71. The molecule has 7 heteroatoms. The first-order chi connectivity index (χ1) is 11.4. The molecular weight excluding hydrogens is 377 g/mol. The molecule has 0 saturated heterocycles. The van der Waals surface area contributed by atoms with E-state index >= 15 is 0 Å². The molecule has 0 atom stereocenters. The summed E-state index contributed by atoms with van der Waals surface area (Å²) in [5.74, 6) is -0.967. The Morgan fingerprint density at radius 1 is 0.917 bits per heavy atom. The first kappa shape index (κ1) is 17.2. The fraction of sp³-hybridized carbons (Fsp3) is 0.118. The maximum Gasteiger partial charge on any atom is 0.150 e. The third kappa shape index (κ3) is 3.27. The highest BCUT2D eigenvalue weighted by atomic mass is 35.5. The van der Waals surface area contributed by atoms with E-state index in [0.717, 1.165) is 0 Å². The minimum atomic E-state index is -0.523. The molecular formula is C17H11Cl3F2N2. The molecule has 3 aromatic rings. The molecule has 1 N–H and O–H groups in total. The number of nitrogens with zero attached hydrogens (tertiary/aromatic N) is 1. The monoisotopic (exact) mass is 386 g/mol. The largest absolute Gasteiger partial charge is 0.344 e. The van der Waals surface area contributed by atoms with Crippen LogP contribution in [-0.4, -0.2) is 9.97 Å². The Morgan fingerprint density at radius 3 is 1.79 bits per heavy atom. The molecule has 0 aliphatic carbocycles. The SMILES string of the molecule is Cc1[nH]c(C(c2ccc(F)c(Cl)c2)c2ccc(F)c(Cl)c2)nc1Cl. The van der Waals surface area contributed by atoms with E-state index in [0.29, 0.717) is 27.8 Å². The van der Waals surface area contributed by atoms with E-state index in [1.807, 2.05) is 0 Å². The van der Waals surface area contributed by atoms with Gasteiger partial charge in [-0.05, 0) is 42.3 Å². The van der Waals surface area contributed by atoms with Crippen molar-refractivity contribution in [2.24, 2.45) is 0 Å². The molecule has 1 heterocycles. The quantitative estimate of drug-likeness (QED) is 0.575. The van der Waals surface area contributed by atoms with Crippen LogP contribution in [0, 0.1) is 18.6 Å². The molecule has 0 aliphatic rings. The van der Waals surface area contributed by atoms with Gasteiger partial charge in [0.25, 0.3) is 0 Å². The van der Waals surface area contributed by atoms with Crippen LogP contribution in [0.2, 0.25) is 15.2 Å². The number of aromatic amines is 1. The summed E-state index contributed by atoms with van der Waals surface area (Å²) in [6.45, 7) is 1.78. The van der Waals surface area contributed by atoms with Crippen LogP contribution >= 0.6 is 34.8 Å². The number of imidazole rings is 1. The Labute approximate surface area is 152 Å². The Hall–Kier alpha value is -1.62. The summed E-state index contributed by atoms with van der Waals surface area (Å²) in [5, 5.41) is 0.302. The smallest absolute Gasteiger partial charge is 0.150 e. The number of aromatic nitrogens is 2. The molecule has 24 heavy (non-hydrogen) atoms. The first-order valence-corrected chi connectivity index (χ1v) is 8.12. The van der Waals surface area contributed by atoms with Crippen LogP contribution in [-0.2, 0) is 0 Å². The number of hydrogen-bond acceptors (Lipinski definition) is 1. The average molecular weight is 388 g/mol. The van der Waals surface area contributed by atoms with Crippen LogP contribution < -0.4 is 0 Å². The second-order valence-electron chi connectivity index (χ2n) is 5.32. The van der Waals surface area contributed by atoms with Gasteiger partial charge >= 0.3 is 0 Å². The Balaban J connectivity index is 2.19. The summed E-state index contributed by atoms with van der Waals surface area (Å²) < 4.78 is 27.0. The zero-order valence-electron chi connectivity index (χ0n) is 12.4. The minimum Gasteiger partial charge on any atom is -0.344 e. The fourth-order valence-corrected chi connectivity index (χ4v) is 3.01. The highest BCUT2D eigenvalue weighted by Crippen LogP contribution is 2.35. The minimum absolute atomic E-state index is 0.0138. The van der Waals surface area contributed by atoms with E-state index in [-0.39, 0.29) is 10.0 Å². The van der Waals surface area contributed by atoms with Gasteiger partial charge in [0.15, 0.2) is 0 Å². The lowest BCUT2D eigenvalue weighted by molar-refractivity contribution is 0.626. The number of nitrogens with one attached hydrogen (secondary N) is 1. The molecule has 2 aromatic carbocycles. The van der Waals surface area contributed by atoms with Crippen LogP contribution in [0.15, 0.2) is 36.4 Å². The summed E-state index contributed by atoms with van der Waals surface area (Å²) >= 11 is 17.9. The van der Waals surface area contributed by atoms with Crippen LogP contribution in [0.5, 0.6) is 0 Å². The Morgan fingerprint density at radius 2 is 1.42 bits per heavy atom. The topological polar surface area (TPSA) is 28.7 Å². The average Bonchev–Trinajstić information content (AvgIpc) is 2.86. The molecule has 2 nitrogen and oxygen atoms in total. The number of halogens is 5. The number of aryl methyl sites for hydroxylation is 1. The summed E-state index contributed by atoms with van der Waals surface area (Å²) in [7, 11) is 0. The third-order valence-corrected chi connectivity index (χ3v) is 4.62. The van der Waals surface area contributed by atoms with Crippen LogP contribution in [0.1, 0.15) is 28.6 Å². The zero-order valence-corrected chi connectivity index (χ0v) is 14.6. The van der Waals surface area contributed by atoms with Gasteiger partial charge in [-0.3, -0.25) is 0 Å². The van der Waals surface area contributed by atoms with Gasteiger partial charge in [0.05, 0.1) is 21.7 Å². The summed E-state index contributed by atoms with van der Waals surface area (Å²) in [6.07, 6.45) is 0. The molecule has 0 radical (unpaired) electrons. The highest BCUT2D eigenvalue weighted by molar-refractivity contribution is 6.31. The van der Waals surface area contributed by atoms with Crippen LogP contribution in [0.25, 0.3) is 0 Å². The van der Waals surface area contributed by atoms with Gasteiger partial charge in [0.1, 0.15) is 22.6 Å². The standard InChI is InChI=1S/C17H11Cl3F2N2/c1-8-16(20)24-17(23-8)15(9-2-4-13(21)11(18)6-9)10-3-5-14(22)12(19)7-10/h2-7,15H,1H3,(H,23,24). The normalized spacial score (nSPS) is 11.3. The van der Waals surface area contributed by atoms with Crippen molar-refractivity contribution in [2.75, 3.05) is 0 Å². The molecule has 0 unspecified atom stereocenters. The van der Waals surface area contributed by atoms with Crippen molar-refractivity contribution < 1.29 is 8.78 Å². The van der Waals surface area contributed by atoms with Gasteiger partial charge in [-0.1, -0.05) is 46.9 Å². The van der Waals surface area contributed by atoms with Gasteiger partial charge in [0, 0.05) is 0 Å². The van der Waals surface area contributed by atoms with Crippen molar-refractivity contribution in [1.82, 2.24) is 9.97 Å². The van der Waals surface area contributed by atoms with Crippen molar-refractivity contribution in [2.45, 2.75) is 12.8 Å². The van der Waals surface area contributed by atoms with Crippen LogP contribution in [0.3, 0.4) is 0 Å². The van der Waals surface area contributed by atoms with Gasteiger partial charge in [-0.15, -0.1) is 0 Å². The molecule has 1 aromatic heterocycles. The molecule has 0 amide bonds. The van der Waals surface area contributed by atoms with E-state index in [4.69, 9.17) is 34.8 Å². The maximum absolute atomic E-state index is 13.5. The predicted octanol–water partition coefficient (Wildman–Crippen LogP) is 6.14. The highest BCUT2D eigenvalue weighted by Gasteiger charge is 2.23. The summed E-state index contributed by atoms with van der Waals surface area (Å²) in [5.41, 5.74) is 2.04. The van der Waals surface area contributed by atoms with E-state index in [2.05, 4.69) is 9.97 Å². The molecule has 124 valence electrons. The zero-order chi connectivity index (χ0) is 17.4. The van der Waals surface area contributed by atoms with Crippen molar-refractivity contribution in [1.29, 1.82) is 0 Å². The van der Waals surface area contributed by atoms with Gasteiger partial charge < -0.3 is 4.98 Å². The molecule has 0 spiro atoms. The lowest BCUT2D eigenvalue weighted by Crippen LogP contribution is -2.06. The van der Waals surface area contributed by atoms with Gasteiger partial charge in [-0.25, -0.2) is 13.8 Å². The number of rotatable bonds is 3. The first-order valence-electron chi connectivity index (χ1n) is 6.98. The fourth-order valence-electron chi connectivity index (χ4n) is 2.49. The van der Waals surface area contributed by atoms with E-state index in [1.165, 1.54) is 24.3 Å². The van der Waals surface area contributed by atoms with E-state index in [9.17, 15) is 8.78 Å². The second-order valence-corrected chi connectivity index (χ2v) is 6.49. The predicted molar refractivity (Wildman–Crippen MR) is 92.1 cm³/mol. The molecule has 0 saturated carbocycles. The lowest BCUT2D eigenvalue weighted by Gasteiger charge is -2.17. The van der Waals surface area contributed by atoms with Crippen molar-refractivity contribution in [3.05, 3.63) is 85.9 Å². The third-order valence-electron chi connectivity index (χ3n) is 3.67. The molecule has 0 fully saturated rings. The Kier molecular flexibility index (Phi) is 4.81. The number of hydrogen-bond donors (Lipinski definition) is 1. The summed E-state index contributed by atoms with van der Waals surface area (Å²) in [6, 6.07) is 8.74. The lowest BCUT2D eigenvalue weighted by atomic mass is 9.90. The van der Waals surface area contributed by atoms with Crippen LogP contribution in [0.4, 0.5) is 8.78 Å². The van der Waals surface area contributed by atoms with E-state index < -0.39 is 17.6 Å². The van der Waals surface area contributed by atoms with Crippen molar-refractivity contribution in [3.63, 3.8) is 0 Å². The van der Waals surface area contributed by atoms with E-state index in [1.54, 1.807) is 19.1 Å². The molecule has 0 bridgehead atoms.